The van der Waals surface area contributed by atoms with Crippen molar-refractivity contribution in [3.05, 3.63) is 65.7 Å². The highest BCUT2D eigenvalue weighted by Crippen LogP contribution is 2.41. The molecule has 0 saturated heterocycles. The number of methoxy groups -OCH3 is 1. The van der Waals surface area contributed by atoms with Gasteiger partial charge < -0.3 is 29.4 Å². The van der Waals surface area contributed by atoms with Crippen LogP contribution in [0.4, 0.5) is 4.79 Å². The van der Waals surface area contributed by atoms with E-state index in [1.807, 2.05) is 61.5 Å². The number of amides is 1. The molecule has 2 aliphatic carbocycles. The zero-order valence-electron chi connectivity index (χ0n) is 29.2. The number of pyridine rings is 1. The van der Waals surface area contributed by atoms with Crippen molar-refractivity contribution in [3.8, 4) is 23.5 Å². The van der Waals surface area contributed by atoms with Gasteiger partial charge in [-0.1, -0.05) is 80.5 Å². The fraction of sp³-hybridized carbons (Fsp3) is 0.475. The van der Waals surface area contributed by atoms with Crippen molar-refractivity contribution in [3.63, 3.8) is 0 Å². The van der Waals surface area contributed by atoms with E-state index in [1.165, 1.54) is 7.11 Å². The molecule has 51 heavy (non-hydrogen) atoms. The Balaban J connectivity index is 1.11. The third-order valence-electron chi connectivity index (χ3n) is 10.1. The summed E-state index contributed by atoms with van der Waals surface area (Å²) in [7, 11) is 1.33. The van der Waals surface area contributed by atoms with Crippen LogP contribution in [-0.2, 0) is 25.7 Å². The molecule has 1 aliphatic heterocycles. The van der Waals surface area contributed by atoms with Crippen LogP contribution in [0, 0.1) is 23.2 Å². The number of carboxylic acid groups (broad SMARTS) is 1. The average molecular weight is 696 g/mol. The monoisotopic (exact) mass is 695 g/mol. The molecule has 0 bridgehead atoms. The molecule has 0 unspecified atom stereocenters. The maximum atomic E-state index is 12.7. The lowest BCUT2D eigenvalue weighted by Gasteiger charge is -2.38. The van der Waals surface area contributed by atoms with E-state index in [0.717, 1.165) is 62.3 Å². The number of aliphatic imine (C=N–C) groups is 1. The lowest BCUT2D eigenvalue weighted by molar-refractivity contribution is -0.143. The minimum Gasteiger partial charge on any atom is -0.487 e. The highest BCUT2D eigenvalue weighted by Gasteiger charge is 2.44. The highest BCUT2D eigenvalue weighted by molar-refractivity contribution is 6.37. The van der Waals surface area contributed by atoms with Gasteiger partial charge in [-0.3, -0.25) is 4.99 Å². The van der Waals surface area contributed by atoms with E-state index in [-0.39, 0.29) is 12.0 Å². The molecule has 2 saturated carbocycles. The number of nitrogens with one attached hydrogen (secondary N) is 1. The first-order chi connectivity index (χ1) is 24.7. The number of ether oxygens (including phenoxy) is 4. The van der Waals surface area contributed by atoms with Crippen LogP contribution >= 0.6 is 0 Å². The van der Waals surface area contributed by atoms with Gasteiger partial charge in [-0.25, -0.2) is 19.4 Å². The molecule has 0 radical (unpaired) electrons. The Morgan fingerprint density at radius 2 is 1.82 bits per heavy atom. The van der Waals surface area contributed by atoms with E-state index < -0.39 is 35.6 Å². The van der Waals surface area contributed by atoms with Gasteiger partial charge >= 0.3 is 18.0 Å². The number of benzene rings is 2. The number of carbonyl (C=O) groups excluding carboxylic acids is 2. The van der Waals surface area contributed by atoms with Crippen LogP contribution in [0.5, 0.6) is 11.6 Å². The second-order valence-corrected chi connectivity index (χ2v) is 13.9. The van der Waals surface area contributed by atoms with Gasteiger partial charge in [0, 0.05) is 18.2 Å². The van der Waals surface area contributed by atoms with Gasteiger partial charge in [0.05, 0.1) is 19.2 Å². The molecule has 3 aromatic rings. The summed E-state index contributed by atoms with van der Waals surface area (Å²) in [5.74, 6) is 6.19. The number of aliphatic carboxylic acids is 1. The van der Waals surface area contributed by atoms with Gasteiger partial charge in [0.1, 0.15) is 41.9 Å². The van der Waals surface area contributed by atoms with Gasteiger partial charge in [0.15, 0.2) is 0 Å². The molecule has 1 aromatic heterocycles. The van der Waals surface area contributed by atoms with Gasteiger partial charge in [-0.2, -0.15) is 0 Å². The molecule has 2 N–H and O–H groups in total. The number of esters is 1. The summed E-state index contributed by atoms with van der Waals surface area (Å²) in [5.41, 5.74) is 2.08. The first-order valence-electron chi connectivity index (χ1n) is 17.8. The molecular weight excluding hydrogens is 650 g/mol. The normalized spacial score (nSPS) is 21.0. The first kappa shape index (κ1) is 35.7. The molecule has 0 spiro atoms. The van der Waals surface area contributed by atoms with E-state index in [1.54, 1.807) is 0 Å². The number of unbranched alkanes of at least 4 members (excludes halogenated alkanes) is 1. The highest BCUT2D eigenvalue weighted by atomic mass is 16.6. The number of hydrogen-bond acceptors (Lipinski definition) is 9. The van der Waals surface area contributed by atoms with Crippen LogP contribution < -0.4 is 14.8 Å². The Bertz CT molecular complexity index is 1830. The summed E-state index contributed by atoms with van der Waals surface area (Å²) in [6.07, 6.45) is 6.50. The third kappa shape index (κ3) is 8.98. The number of aromatic nitrogens is 1. The van der Waals surface area contributed by atoms with E-state index in [2.05, 4.69) is 22.2 Å². The number of carboxylic acids is 1. The molecule has 11 nitrogen and oxygen atoms in total. The second kappa shape index (κ2) is 16.3. The Labute approximate surface area is 298 Å². The zero-order chi connectivity index (χ0) is 35.8. The van der Waals surface area contributed by atoms with E-state index in [9.17, 15) is 19.5 Å². The number of hydrogen-bond donors (Lipinski definition) is 2. The Morgan fingerprint density at radius 1 is 1.06 bits per heavy atom. The summed E-state index contributed by atoms with van der Waals surface area (Å²) >= 11 is 0. The average Bonchev–Trinajstić information content (AvgIpc) is 3.69. The van der Waals surface area contributed by atoms with Crippen LogP contribution in [0.1, 0.15) is 82.3 Å². The zero-order valence-corrected chi connectivity index (χ0v) is 29.2. The van der Waals surface area contributed by atoms with Crippen molar-refractivity contribution in [2.45, 2.75) is 96.0 Å². The van der Waals surface area contributed by atoms with Crippen LogP contribution in [-0.4, -0.2) is 65.7 Å². The van der Waals surface area contributed by atoms with Crippen molar-refractivity contribution >= 4 is 34.6 Å². The molecule has 11 heteroatoms. The van der Waals surface area contributed by atoms with Gasteiger partial charge in [-0.05, 0) is 61.1 Å². The van der Waals surface area contributed by atoms with E-state index >= 15 is 0 Å². The minimum atomic E-state index is -1.02. The third-order valence-corrected chi connectivity index (χ3v) is 10.1. The summed E-state index contributed by atoms with van der Waals surface area (Å²) in [4.78, 5) is 45.9. The number of nitrogens with zero attached hydrogens (tertiary/aromatic N) is 2. The van der Waals surface area contributed by atoms with Crippen molar-refractivity contribution in [1.29, 1.82) is 0 Å². The van der Waals surface area contributed by atoms with Crippen LogP contribution in [0.3, 0.4) is 0 Å². The largest absolute Gasteiger partial charge is 0.487 e. The molecule has 2 aromatic carbocycles. The van der Waals surface area contributed by atoms with Crippen molar-refractivity contribution in [2.24, 2.45) is 16.3 Å². The van der Waals surface area contributed by atoms with Crippen LogP contribution in [0.2, 0.25) is 0 Å². The quantitative estimate of drug-likeness (QED) is 0.114. The molecule has 2 fully saturated rings. The molecule has 268 valence electrons. The van der Waals surface area contributed by atoms with Crippen molar-refractivity contribution in [2.75, 3.05) is 13.7 Å². The SMILES string of the molecule is COC(=O)C1=NC[C@H](Oc2nc3ccccc3c(OCc3ccccc3)c2C#CCCC[C@@H]2C[C@H]2OC(=O)N[C@H](C(=O)O)C2(C)CCCCC2)C1. The van der Waals surface area contributed by atoms with Gasteiger partial charge in [0.2, 0.25) is 5.88 Å². The molecule has 1 amide bonds. The van der Waals surface area contributed by atoms with Crippen LogP contribution in [0.15, 0.2) is 59.6 Å². The minimum absolute atomic E-state index is 0.212. The number of para-hydroxylation sites is 1. The number of fused-ring (bicyclic) bond motifs is 1. The van der Waals surface area contributed by atoms with Crippen molar-refractivity contribution < 1.29 is 38.4 Å². The maximum absolute atomic E-state index is 12.7. The Morgan fingerprint density at radius 3 is 2.59 bits per heavy atom. The number of rotatable bonds is 13. The first-order valence-corrected chi connectivity index (χ1v) is 17.8. The van der Waals surface area contributed by atoms with Crippen LogP contribution in [0.25, 0.3) is 10.9 Å². The topological polar surface area (TPSA) is 146 Å². The van der Waals surface area contributed by atoms with Crippen molar-refractivity contribution in [1.82, 2.24) is 10.3 Å². The summed E-state index contributed by atoms with van der Waals surface area (Å²) in [6.45, 7) is 2.56. The van der Waals surface area contributed by atoms with E-state index in [4.69, 9.17) is 23.9 Å². The van der Waals surface area contributed by atoms with Gasteiger partial charge in [-0.15, -0.1) is 0 Å². The fourth-order valence-electron chi connectivity index (χ4n) is 7.04. The lowest BCUT2D eigenvalue weighted by atomic mass is 9.70. The van der Waals surface area contributed by atoms with E-state index in [0.29, 0.717) is 54.4 Å². The molecular formula is C40H45N3O8. The fourth-order valence-corrected chi connectivity index (χ4v) is 7.04. The number of alkyl carbamates (subject to hydrolysis) is 1. The molecule has 4 atom stereocenters. The molecule has 6 rings (SSSR count). The Hall–Kier alpha value is -5.11. The summed E-state index contributed by atoms with van der Waals surface area (Å²) in [6, 6.07) is 16.6. The molecule has 3 aliphatic rings. The maximum Gasteiger partial charge on any atom is 0.408 e. The smallest absolute Gasteiger partial charge is 0.408 e. The summed E-state index contributed by atoms with van der Waals surface area (Å²) < 4.78 is 23.3. The number of carbonyl (C=O) groups is 3. The predicted octanol–water partition coefficient (Wildman–Crippen LogP) is 6.64. The van der Waals surface area contributed by atoms with Gasteiger partial charge in [0.25, 0.3) is 0 Å². The second-order valence-electron chi connectivity index (χ2n) is 13.9. The predicted molar refractivity (Wildman–Crippen MR) is 191 cm³/mol. The lowest BCUT2D eigenvalue weighted by Crippen LogP contribution is -2.52. The summed E-state index contributed by atoms with van der Waals surface area (Å²) in [5, 5.41) is 13.3. The molecule has 2 heterocycles. The standard InChI is InChI=1S/C40H45N3O8/c1-40(20-12-5-13-21-40)35(37(44)45)43-39(47)51-33-22-27(33)16-8-4-9-18-30-34(49-25-26-14-6-3-7-15-26)29-17-10-11-19-31(29)42-36(30)50-28-23-32(41-24-28)38(46)48-2/h3,6-7,10-11,14-15,17,19,27-28,33,35H,4-5,8,12-13,16,20-25H2,1-2H3,(H,43,47)(H,44,45)/t27-,28-,33-,35-/m1/s1. The Kier molecular flexibility index (Phi) is 11.4.